The first-order valence-corrected chi connectivity index (χ1v) is 8.03. The van der Waals surface area contributed by atoms with Gasteiger partial charge in [0.05, 0.1) is 4.90 Å². The first kappa shape index (κ1) is 15.4. The predicted molar refractivity (Wildman–Crippen MR) is 78.7 cm³/mol. The largest absolute Gasteiger partial charge is 0.293 e. The number of sulfone groups is 1. The minimum Gasteiger partial charge on any atom is -0.293 e. The van der Waals surface area contributed by atoms with Crippen LogP contribution in [0.15, 0.2) is 47.4 Å². The Morgan fingerprint density at radius 3 is 2.43 bits per heavy atom. The summed E-state index contributed by atoms with van der Waals surface area (Å²) < 4.78 is 37.7. The van der Waals surface area contributed by atoms with E-state index in [-0.39, 0.29) is 10.5 Å². The SMILES string of the molecule is Cc1ccc(S(=O)(=O)CC(=O)c2cccc(F)c2)c(C)c1. The number of hydrogen-bond donors (Lipinski definition) is 0. The Hall–Kier alpha value is -2.01. The van der Waals surface area contributed by atoms with Gasteiger partial charge in [0.2, 0.25) is 0 Å². The molecule has 0 radical (unpaired) electrons. The Labute approximate surface area is 123 Å². The highest BCUT2D eigenvalue weighted by atomic mass is 32.2. The third kappa shape index (κ3) is 3.55. The van der Waals surface area contributed by atoms with E-state index in [0.29, 0.717) is 5.56 Å². The Kier molecular flexibility index (Phi) is 4.23. The number of ketones is 1. The highest BCUT2D eigenvalue weighted by Gasteiger charge is 2.22. The van der Waals surface area contributed by atoms with Gasteiger partial charge in [-0.3, -0.25) is 4.79 Å². The molecule has 2 aromatic rings. The van der Waals surface area contributed by atoms with Gasteiger partial charge < -0.3 is 0 Å². The van der Waals surface area contributed by atoms with Crippen molar-refractivity contribution >= 4 is 15.6 Å². The number of rotatable bonds is 4. The Morgan fingerprint density at radius 1 is 1.10 bits per heavy atom. The van der Waals surface area contributed by atoms with Crippen LogP contribution in [0.5, 0.6) is 0 Å². The molecule has 0 saturated carbocycles. The van der Waals surface area contributed by atoms with Gasteiger partial charge in [0.15, 0.2) is 15.6 Å². The van der Waals surface area contributed by atoms with E-state index in [0.717, 1.165) is 11.6 Å². The van der Waals surface area contributed by atoms with E-state index in [4.69, 9.17) is 0 Å². The maximum atomic E-state index is 13.1. The van der Waals surface area contributed by atoms with Crippen LogP contribution in [-0.2, 0) is 9.84 Å². The average Bonchev–Trinajstić information content (AvgIpc) is 2.37. The molecule has 0 aliphatic rings. The fraction of sp³-hybridized carbons (Fsp3) is 0.188. The maximum Gasteiger partial charge on any atom is 0.186 e. The van der Waals surface area contributed by atoms with Crippen LogP contribution in [0.1, 0.15) is 21.5 Å². The summed E-state index contributed by atoms with van der Waals surface area (Å²) >= 11 is 0. The number of aryl methyl sites for hydroxylation is 2. The molecular weight excluding hydrogens is 291 g/mol. The summed E-state index contributed by atoms with van der Waals surface area (Å²) in [5.74, 6) is -1.85. The molecule has 0 bridgehead atoms. The number of carbonyl (C=O) groups is 1. The molecule has 0 N–H and O–H groups in total. The molecule has 0 heterocycles. The van der Waals surface area contributed by atoms with E-state index in [9.17, 15) is 17.6 Å². The molecular formula is C16H15FO3S. The minimum atomic E-state index is -3.74. The highest BCUT2D eigenvalue weighted by molar-refractivity contribution is 7.92. The van der Waals surface area contributed by atoms with Gasteiger partial charge in [-0.15, -0.1) is 0 Å². The number of benzene rings is 2. The molecule has 0 aromatic heterocycles. The zero-order valence-corrected chi connectivity index (χ0v) is 12.6. The Balaban J connectivity index is 2.31. The van der Waals surface area contributed by atoms with E-state index < -0.39 is 27.2 Å². The van der Waals surface area contributed by atoms with Crippen LogP contribution < -0.4 is 0 Å². The normalized spacial score (nSPS) is 11.4. The zero-order valence-electron chi connectivity index (χ0n) is 11.8. The lowest BCUT2D eigenvalue weighted by atomic mass is 10.1. The molecule has 110 valence electrons. The lowest BCUT2D eigenvalue weighted by molar-refractivity contribution is 0.102. The van der Waals surface area contributed by atoms with Gasteiger partial charge in [-0.25, -0.2) is 12.8 Å². The summed E-state index contributed by atoms with van der Waals surface area (Å²) in [6, 6.07) is 9.97. The lowest BCUT2D eigenvalue weighted by Gasteiger charge is -2.08. The number of carbonyl (C=O) groups excluding carboxylic acids is 1. The van der Waals surface area contributed by atoms with Crippen LogP contribution in [0.3, 0.4) is 0 Å². The molecule has 5 heteroatoms. The quantitative estimate of drug-likeness (QED) is 0.816. The summed E-state index contributed by atoms with van der Waals surface area (Å²) in [6.45, 7) is 3.55. The second-order valence-corrected chi connectivity index (χ2v) is 6.92. The molecule has 0 saturated heterocycles. The predicted octanol–water partition coefficient (Wildman–Crippen LogP) is 3.10. The van der Waals surface area contributed by atoms with Crippen LogP contribution in [-0.4, -0.2) is 20.0 Å². The van der Waals surface area contributed by atoms with Gasteiger partial charge in [0.1, 0.15) is 11.6 Å². The van der Waals surface area contributed by atoms with Crippen molar-refractivity contribution in [3.63, 3.8) is 0 Å². The third-order valence-corrected chi connectivity index (χ3v) is 4.90. The van der Waals surface area contributed by atoms with Gasteiger partial charge in [0.25, 0.3) is 0 Å². The average molecular weight is 306 g/mol. The Bertz CT molecular complexity index is 795. The lowest BCUT2D eigenvalue weighted by Crippen LogP contribution is -2.17. The Morgan fingerprint density at radius 2 is 1.81 bits per heavy atom. The van der Waals surface area contributed by atoms with Crippen molar-refractivity contribution in [1.29, 1.82) is 0 Å². The maximum absolute atomic E-state index is 13.1. The summed E-state index contributed by atoms with van der Waals surface area (Å²) in [5, 5.41) is 0. The second-order valence-electron chi connectivity index (χ2n) is 4.96. The first-order chi connectivity index (χ1) is 9.79. The van der Waals surface area contributed by atoms with Crippen LogP contribution in [0, 0.1) is 19.7 Å². The molecule has 0 atom stereocenters. The third-order valence-electron chi connectivity index (χ3n) is 3.13. The van der Waals surface area contributed by atoms with Gasteiger partial charge in [-0.2, -0.15) is 0 Å². The molecule has 0 aliphatic heterocycles. The summed E-state index contributed by atoms with van der Waals surface area (Å²) in [4.78, 5) is 12.2. The van der Waals surface area contributed by atoms with Crippen LogP contribution in [0.2, 0.25) is 0 Å². The number of halogens is 1. The minimum absolute atomic E-state index is 0.0586. The molecule has 0 aliphatic carbocycles. The first-order valence-electron chi connectivity index (χ1n) is 6.38. The van der Waals surface area contributed by atoms with Crippen molar-refractivity contribution in [3.8, 4) is 0 Å². The van der Waals surface area contributed by atoms with Crippen molar-refractivity contribution < 1.29 is 17.6 Å². The van der Waals surface area contributed by atoms with Crippen molar-refractivity contribution in [3.05, 3.63) is 65.0 Å². The van der Waals surface area contributed by atoms with Gasteiger partial charge in [-0.1, -0.05) is 29.8 Å². The molecule has 0 unspecified atom stereocenters. The molecule has 0 fully saturated rings. The molecule has 0 amide bonds. The molecule has 2 rings (SSSR count). The second kappa shape index (κ2) is 5.77. The fourth-order valence-corrected chi connectivity index (χ4v) is 3.64. The van der Waals surface area contributed by atoms with E-state index in [1.54, 1.807) is 19.1 Å². The molecule has 3 nitrogen and oxygen atoms in total. The fourth-order valence-electron chi connectivity index (χ4n) is 2.14. The summed E-state index contributed by atoms with van der Waals surface area (Å²) in [5.41, 5.74) is 1.60. The van der Waals surface area contributed by atoms with Crippen LogP contribution >= 0.6 is 0 Å². The van der Waals surface area contributed by atoms with Gasteiger partial charge >= 0.3 is 0 Å². The van der Waals surface area contributed by atoms with Gasteiger partial charge in [-0.05, 0) is 37.6 Å². The van der Waals surface area contributed by atoms with Crippen LogP contribution in [0.4, 0.5) is 4.39 Å². The number of hydrogen-bond acceptors (Lipinski definition) is 3. The van der Waals surface area contributed by atoms with Crippen LogP contribution in [0.25, 0.3) is 0 Å². The number of Topliss-reactive ketones (excluding diaryl/α,β-unsaturated/α-hetero) is 1. The standard InChI is InChI=1S/C16H15FO3S/c1-11-6-7-16(12(2)8-11)21(19,20)10-15(18)13-4-3-5-14(17)9-13/h3-9H,10H2,1-2H3. The highest BCUT2D eigenvalue weighted by Crippen LogP contribution is 2.19. The van der Waals surface area contributed by atoms with Crippen molar-refractivity contribution in [1.82, 2.24) is 0 Å². The molecule has 21 heavy (non-hydrogen) atoms. The van der Waals surface area contributed by atoms with Crippen molar-refractivity contribution in [2.75, 3.05) is 5.75 Å². The summed E-state index contributed by atoms with van der Waals surface area (Å²) in [7, 11) is -3.74. The van der Waals surface area contributed by atoms with E-state index in [1.165, 1.54) is 24.3 Å². The topological polar surface area (TPSA) is 51.2 Å². The smallest absolute Gasteiger partial charge is 0.186 e. The van der Waals surface area contributed by atoms with E-state index in [1.807, 2.05) is 6.92 Å². The molecule has 0 spiro atoms. The van der Waals surface area contributed by atoms with Crippen molar-refractivity contribution in [2.24, 2.45) is 0 Å². The molecule has 2 aromatic carbocycles. The zero-order chi connectivity index (χ0) is 15.6. The van der Waals surface area contributed by atoms with Gasteiger partial charge in [0, 0.05) is 5.56 Å². The monoisotopic (exact) mass is 306 g/mol. The van der Waals surface area contributed by atoms with Crippen molar-refractivity contribution in [2.45, 2.75) is 18.7 Å². The van der Waals surface area contributed by atoms with E-state index in [2.05, 4.69) is 0 Å². The van der Waals surface area contributed by atoms with E-state index >= 15 is 0 Å². The summed E-state index contributed by atoms with van der Waals surface area (Å²) in [6.07, 6.45) is 0.